The number of nitrogens with zero attached hydrogens (tertiary/aromatic N) is 3. The third kappa shape index (κ3) is 3.12. The summed E-state index contributed by atoms with van der Waals surface area (Å²) in [5.74, 6) is 0. The van der Waals surface area contributed by atoms with Crippen molar-refractivity contribution in [2.24, 2.45) is 5.73 Å². The van der Waals surface area contributed by atoms with Crippen LogP contribution >= 0.6 is 11.6 Å². The van der Waals surface area contributed by atoms with Gasteiger partial charge in [-0.3, -0.25) is 4.98 Å². The van der Waals surface area contributed by atoms with E-state index in [0.717, 1.165) is 63.9 Å². The Hall–Kier alpha value is -2.35. The average Bonchev–Trinajstić information content (AvgIpc) is 3.02. The molecule has 27 heavy (non-hydrogen) atoms. The van der Waals surface area contributed by atoms with Crippen LogP contribution in [0.3, 0.4) is 0 Å². The van der Waals surface area contributed by atoms with Crippen molar-refractivity contribution in [3.8, 4) is 11.1 Å². The number of hydrogen-bond acceptors (Lipinski definition) is 2. The molecule has 1 aliphatic rings. The number of nitrogens with two attached hydrogens (primary N) is 1. The van der Waals surface area contributed by atoms with Gasteiger partial charge in [-0.25, -0.2) is 4.85 Å². The first kappa shape index (κ1) is 18.0. The Balaban J connectivity index is 1.96. The highest BCUT2D eigenvalue weighted by molar-refractivity contribution is 6.34. The zero-order valence-corrected chi connectivity index (χ0v) is 16.4. The van der Waals surface area contributed by atoms with E-state index in [1.807, 2.05) is 26.1 Å². The summed E-state index contributed by atoms with van der Waals surface area (Å²) in [6.07, 6.45) is 10.0. The number of rotatable bonds is 2. The van der Waals surface area contributed by atoms with E-state index in [-0.39, 0.29) is 0 Å². The van der Waals surface area contributed by atoms with Crippen LogP contribution in [-0.4, -0.2) is 15.6 Å². The summed E-state index contributed by atoms with van der Waals surface area (Å²) in [6, 6.07) is 4.87. The highest BCUT2D eigenvalue weighted by atomic mass is 35.5. The van der Waals surface area contributed by atoms with E-state index in [4.69, 9.17) is 23.9 Å². The molecule has 138 valence electrons. The molecule has 4 rings (SSSR count). The monoisotopic (exact) mass is 378 g/mol. The molecular weight excluding hydrogens is 356 g/mol. The summed E-state index contributed by atoms with van der Waals surface area (Å²) in [4.78, 5) is 8.05. The van der Waals surface area contributed by atoms with Gasteiger partial charge in [-0.1, -0.05) is 11.6 Å². The Kier molecular flexibility index (Phi) is 4.67. The van der Waals surface area contributed by atoms with Crippen molar-refractivity contribution in [3.63, 3.8) is 0 Å². The molecule has 5 heteroatoms. The lowest BCUT2D eigenvalue weighted by molar-refractivity contribution is 0.330. The van der Waals surface area contributed by atoms with Crippen LogP contribution < -0.4 is 5.73 Å². The molecule has 1 fully saturated rings. The molecule has 0 radical (unpaired) electrons. The molecule has 2 heterocycles. The van der Waals surface area contributed by atoms with Gasteiger partial charge >= 0.3 is 0 Å². The van der Waals surface area contributed by atoms with Crippen LogP contribution in [0.5, 0.6) is 0 Å². The molecule has 0 aliphatic heterocycles. The third-order valence-electron chi connectivity index (χ3n) is 5.75. The zero-order chi connectivity index (χ0) is 19.1. The summed E-state index contributed by atoms with van der Waals surface area (Å²) in [5, 5.41) is 1.79. The van der Waals surface area contributed by atoms with Gasteiger partial charge in [0.25, 0.3) is 0 Å². The first-order chi connectivity index (χ1) is 13.0. The number of pyridine rings is 1. The molecule has 0 atom stereocenters. The van der Waals surface area contributed by atoms with E-state index in [0.29, 0.717) is 17.8 Å². The van der Waals surface area contributed by atoms with Crippen molar-refractivity contribution in [2.75, 3.05) is 0 Å². The molecule has 1 saturated carbocycles. The fourth-order valence-electron chi connectivity index (χ4n) is 4.14. The molecular formula is C22H23ClN4. The molecule has 2 aromatic heterocycles. The highest BCUT2D eigenvalue weighted by Crippen LogP contribution is 2.41. The van der Waals surface area contributed by atoms with Gasteiger partial charge in [-0.15, -0.1) is 0 Å². The van der Waals surface area contributed by atoms with Crippen molar-refractivity contribution in [3.05, 3.63) is 58.3 Å². The SMILES string of the molecule is [C-]#[N+]c1cc2c(-c3cncc(C)c3Cl)cn(C3CCC(N)CC3)c2cc1C. The fraction of sp³-hybridized carbons (Fsp3) is 0.364. The summed E-state index contributed by atoms with van der Waals surface area (Å²) < 4.78 is 2.37. The summed E-state index contributed by atoms with van der Waals surface area (Å²) in [6.45, 7) is 11.5. The predicted octanol–water partition coefficient (Wildman–Crippen LogP) is 5.97. The maximum atomic E-state index is 7.50. The Labute approximate surface area is 164 Å². The number of aromatic nitrogens is 2. The van der Waals surface area contributed by atoms with Crippen LogP contribution in [-0.2, 0) is 0 Å². The second-order valence-corrected chi connectivity index (χ2v) is 7.98. The minimum Gasteiger partial charge on any atom is -0.344 e. The van der Waals surface area contributed by atoms with Gasteiger partial charge in [0, 0.05) is 47.3 Å². The van der Waals surface area contributed by atoms with E-state index in [1.54, 1.807) is 6.20 Å². The summed E-state index contributed by atoms with van der Waals surface area (Å²) in [5.41, 5.74) is 11.9. The number of halogens is 1. The average molecular weight is 379 g/mol. The smallest absolute Gasteiger partial charge is 0.190 e. The predicted molar refractivity (Wildman–Crippen MR) is 111 cm³/mol. The van der Waals surface area contributed by atoms with Gasteiger partial charge in [0.15, 0.2) is 5.69 Å². The van der Waals surface area contributed by atoms with Crippen molar-refractivity contribution in [1.82, 2.24) is 9.55 Å². The first-order valence-electron chi connectivity index (χ1n) is 9.38. The lowest BCUT2D eigenvalue weighted by atomic mass is 9.91. The molecule has 1 aromatic carbocycles. The van der Waals surface area contributed by atoms with Crippen LogP contribution in [0.15, 0.2) is 30.7 Å². The van der Waals surface area contributed by atoms with Crippen LogP contribution in [0, 0.1) is 20.4 Å². The quantitative estimate of drug-likeness (QED) is 0.558. The van der Waals surface area contributed by atoms with E-state index in [9.17, 15) is 0 Å². The molecule has 0 unspecified atom stereocenters. The molecule has 2 N–H and O–H groups in total. The Bertz CT molecular complexity index is 1050. The number of fused-ring (bicyclic) bond motifs is 1. The largest absolute Gasteiger partial charge is 0.344 e. The lowest BCUT2D eigenvalue weighted by Crippen LogP contribution is -2.27. The van der Waals surface area contributed by atoms with Gasteiger partial charge in [-0.05, 0) is 68.2 Å². The molecule has 0 spiro atoms. The maximum Gasteiger partial charge on any atom is 0.190 e. The lowest BCUT2D eigenvalue weighted by Gasteiger charge is -2.28. The summed E-state index contributed by atoms with van der Waals surface area (Å²) >= 11 is 6.62. The minimum absolute atomic E-state index is 0.313. The van der Waals surface area contributed by atoms with Gasteiger partial charge < -0.3 is 10.3 Å². The second kappa shape index (κ2) is 6.99. The Morgan fingerprint density at radius 3 is 2.56 bits per heavy atom. The van der Waals surface area contributed by atoms with Gasteiger partial charge in [-0.2, -0.15) is 0 Å². The number of hydrogen-bond donors (Lipinski definition) is 1. The maximum absolute atomic E-state index is 7.50. The second-order valence-electron chi connectivity index (χ2n) is 7.60. The van der Waals surface area contributed by atoms with Gasteiger partial charge in [0.2, 0.25) is 0 Å². The topological polar surface area (TPSA) is 48.2 Å². The van der Waals surface area contributed by atoms with E-state index >= 15 is 0 Å². The van der Waals surface area contributed by atoms with Gasteiger partial charge in [0.1, 0.15) is 0 Å². The summed E-state index contributed by atoms with van der Waals surface area (Å²) in [7, 11) is 0. The minimum atomic E-state index is 0.313. The van der Waals surface area contributed by atoms with Crippen LogP contribution in [0.1, 0.15) is 42.9 Å². The third-order valence-corrected chi connectivity index (χ3v) is 6.25. The highest BCUT2D eigenvalue weighted by Gasteiger charge is 2.24. The number of aryl methyl sites for hydroxylation is 2. The normalized spacial score (nSPS) is 20.0. The fourth-order valence-corrected chi connectivity index (χ4v) is 4.34. The van der Waals surface area contributed by atoms with E-state index in [2.05, 4.69) is 26.7 Å². The number of benzene rings is 1. The van der Waals surface area contributed by atoms with Crippen molar-refractivity contribution in [1.29, 1.82) is 0 Å². The van der Waals surface area contributed by atoms with Crippen LogP contribution in [0.4, 0.5) is 5.69 Å². The molecule has 1 aliphatic carbocycles. The molecule has 4 nitrogen and oxygen atoms in total. The molecule has 0 bridgehead atoms. The van der Waals surface area contributed by atoms with E-state index < -0.39 is 0 Å². The van der Waals surface area contributed by atoms with E-state index in [1.165, 1.54) is 0 Å². The van der Waals surface area contributed by atoms with Gasteiger partial charge in [0.05, 0.1) is 11.6 Å². The Morgan fingerprint density at radius 2 is 1.85 bits per heavy atom. The van der Waals surface area contributed by atoms with Crippen molar-refractivity contribution >= 4 is 28.2 Å². The first-order valence-corrected chi connectivity index (χ1v) is 9.76. The van der Waals surface area contributed by atoms with Crippen molar-refractivity contribution < 1.29 is 0 Å². The standard InChI is InChI=1S/C22H23ClN4/c1-13-8-21-17(9-20(13)25-3)19(18-11-26-10-14(2)22(18)23)12-27(21)16-6-4-15(24)5-7-16/h8-12,15-16H,4-7,24H2,1-2H3. The molecule has 0 saturated heterocycles. The van der Waals surface area contributed by atoms with Crippen molar-refractivity contribution in [2.45, 2.75) is 51.6 Å². The van der Waals surface area contributed by atoms with Crippen LogP contribution in [0.2, 0.25) is 5.02 Å². The molecule has 3 aromatic rings. The van der Waals surface area contributed by atoms with Crippen LogP contribution in [0.25, 0.3) is 26.9 Å². The Morgan fingerprint density at radius 1 is 1.11 bits per heavy atom. The zero-order valence-electron chi connectivity index (χ0n) is 15.7. The molecule has 0 amide bonds.